The lowest BCUT2D eigenvalue weighted by Crippen LogP contribution is -2.28. The van der Waals surface area contributed by atoms with Gasteiger partial charge in [0.05, 0.1) is 13.0 Å². The van der Waals surface area contributed by atoms with Crippen molar-refractivity contribution in [1.29, 1.82) is 0 Å². The van der Waals surface area contributed by atoms with Crippen LogP contribution in [0.25, 0.3) is 0 Å². The van der Waals surface area contributed by atoms with Crippen molar-refractivity contribution in [3.63, 3.8) is 0 Å². The number of nitrogens with one attached hydrogen (secondary N) is 1. The number of hydrogen-bond acceptors (Lipinski definition) is 4. The molecule has 1 unspecified atom stereocenters. The molecule has 1 fully saturated rings. The Morgan fingerprint density at radius 1 is 1.10 bits per heavy atom. The summed E-state index contributed by atoms with van der Waals surface area (Å²) in [7, 11) is 1.62. The summed E-state index contributed by atoms with van der Waals surface area (Å²) in [5.74, 6) is 0.359. The third kappa shape index (κ3) is 5.08. The molecule has 1 aliphatic heterocycles. The fourth-order valence-corrected chi connectivity index (χ4v) is 3.64. The first-order chi connectivity index (χ1) is 14.0. The van der Waals surface area contributed by atoms with E-state index in [9.17, 15) is 9.59 Å². The molecule has 2 aromatic rings. The monoisotopic (exact) mass is 395 g/mol. The first-order valence-electron chi connectivity index (χ1n) is 10.1. The molecule has 2 amide bonds. The SMILES string of the molecule is CCN(CC)c1ccc(NC(=O)C2CC(=O)N(Cc3ccc(OC)cc3)C2)cc1. The fourth-order valence-electron chi connectivity index (χ4n) is 3.64. The van der Waals surface area contributed by atoms with Crippen LogP contribution in [-0.2, 0) is 16.1 Å². The van der Waals surface area contributed by atoms with E-state index in [1.165, 1.54) is 0 Å². The average molecular weight is 396 g/mol. The van der Waals surface area contributed by atoms with Gasteiger partial charge >= 0.3 is 0 Å². The number of ether oxygens (including phenoxy) is 1. The first kappa shape index (κ1) is 20.7. The molecule has 1 saturated heterocycles. The highest BCUT2D eigenvalue weighted by Gasteiger charge is 2.34. The van der Waals surface area contributed by atoms with E-state index in [-0.39, 0.29) is 24.2 Å². The lowest BCUT2D eigenvalue weighted by atomic mass is 10.1. The normalized spacial score (nSPS) is 16.0. The minimum absolute atomic E-state index is 0.0119. The molecule has 6 heteroatoms. The number of carbonyl (C=O) groups is 2. The maximum absolute atomic E-state index is 12.7. The summed E-state index contributed by atoms with van der Waals surface area (Å²) in [4.78, 5) is 29.0. The van der Waals surface area contributed by atoms with Gasteiger partial charge in [0.2, 0.25) is 11.8 Å². The summed E-state index contributed by atoms with van der Waals surface area (Å²) in [5.41, 5.74) is 2.91. The van der Waals surface area contributed by atoms with Crippen molar-refractivity contribution in [2.75, 3.05) is 37.0 Å². The minimum atomic E-state index is -0.330. The number of amides is 2. The second kappa shape index (κ2) is 9.45. The van der Waals surface area contributed by atoms with Gasteiger partial charge in [-0.2, -0.15) is 0 Å². The molecule has 0 spiro atoms. The van der Waals surface area contributed by atoms with Crippen LogP contribution in [0.4, 0.5) is 11.4 Å². The van der Waals surface area contributed by atoms with Crippen LogP contribution >= 0.6 is 0 Å². The van der Waals surface area contributed by atoms with Gasteiger partial charge in [0.25, 0.3) is 0 Å². The number of nitrogens with zero attached hydrogens (tertiary/aromatic N) is 2. The van der Waals surface area contributed by atoms with Gasteiger partial charge in [-0.3, -0.25) is 9.59 Å². The van der Waals surface area contributed by atoms with Gasteiger partial charge in [-0.05, 0) is 55.8 Å². The number of benzene rings is 2. The average Bonchev–Trinajstić information content (AvgIpc) is 3.11. The van der Waals surface area contributed by atoms with E-state index in [2.05, 4.69) is 24.1 Å². The minimum Gasteiger partial charge on any atom is -0.497 e. The predicted octanol–water partition coefficient (Wildman–Crippen LogP) is 3.53. The van der Waals surface area contributed by atoms with Gasteiger partial charge < -0.3 is 19.9 Å². The molecule has 0 radical (unpaired) electrons. The van der Waals surface area contributed by atoms with E-state index >= 15 is 0 Å². The van der Waals surface area contributed by atoms with Gasteiger partial charge in [-0.25, -0.2) is 0 Å². The number of anilines is 2. The summed E-state index contributed by atoms with van der Waals surface area (Å²) in [5, 5.41) is 2.95. The Hall–Kier alpha value is -3.02. The number of rotatable bonds is 8. The largest absolute Gasteiger partial charge is 0.497 e. The summed E-state index contributed by atoms with van der Waals surface area (Å²) >= 11 is 0. The van der Waals surface area contributed by atoms with Crippen molar-refractivity contribution in [3.8, 4) is 5.75 Å². The van der Waals surface area contributed by atoms with E-state index in [0.29, 0.717) is 13.1 Å². The second-order valence-corrected chi connectivity index (χ2v) is 7.23. The third-order valence-corrected chi connectivity index (χ3v) is 5.38. The highest BCUT2D eigenvalue weighted by Crippen LogP contribution is 2.24. The van der Waals surface area contributed by atoms with Crippen LogP contribution in [0.2, 0.25) is 0 Å². The van der Waals surface area contributed by atoms with Crippen LogP contribution in [0.1, 0.15) is 25.8 Å². The van der Waals surface area contributed by atoms with E-state index in [1.54, 1.807) is 12.0 Å². The molecule has 1 aliphatic rings. The van der Waals surface area contributed by atoms with E-state index in [4.69, 9.17) is 4.74 Å². The van der Waals surface area contributed by atoms with Crippen molar-refractivity contribution in [2.45, 2.75) is 26.8 Å². The molecule has 154 valence electrons. The first-order valence-corrected chi connectivity index (χ1v) is 10.1. The van der Waals surface area contributed by atoms with E-state index in [1.807, 2.05) is 48.5 Å². The standard InChI is InChI=1S/C23H29N3O3/c1-4-25(5-2)20-10-8-19(9-11-20)24-23(28)18-14-22(27)26(16-18)15-17-6-12-21(29-3)13-7-17/h6-13,18H,4-5,14-16H2,1-3H3,(H,24,28). The fraction of sp³-hybridized carbons (Fsp3) is 0.391. The van der Waals surface area contributed by atoms with Crippen molar-refractivity contribution in [3.05, 3.63) is 54.1 Å². The Balaban J connectivity index is 1.57. The Labute approximate surface area is 172 Å². The van der Waals surface area contributed by atoms with Gasteiger partial charge in [0.15, 0.2) is 0 Å². The molecule has 2 aromatic carbocycles. The summed E-state index contributed by atoms with van der Waals surface area (Å²) in [6.45, 7) is 7.06. The van der Waals surface area contributed by atoms with Gasteiger partial charge in [0.1, 0.15) is 5.75 Å². The van der Waals surface area contributed by atoms with Crippen molar-refractivity contribution in [1.82, 2.24) is 4.90 Å². The molecule has 0 aromatic heterocycles. The summed E-state index contributed by atoms with van der Waals surface area (Å²) in [6, 6.07) is 15.5. The van der Waals surface area contributed by atoms with E-state index < -0.39 is 0 Å². The smallest absolute Gasteiger partial charge is 0.229 e. The summed E-state index contributed by atoms with van der Waals surface area (Å²) < 4.78 is 5.16. The van der Waals surface area contributed by atoms with Crippen LogP contribution in [0, 0.1) is 5.92 Å². The molecule has 3 rings (SSSR count). The maximum atomic E-state index is 12.7. The Kier molecular flexibility index (Phi) is 6.75. The quantitative estimate of drug-likeness (QED) is 0.743. The number of carbonyl (C=O) groups excluding carboxylic acids is 2. The highest BCUT2D eigenvalue weighted by atomic mass is 16.5. The lowest BCUT2D eigenvalue weighted by Gasteiger charge is -2.21. The zero-order chi connectivity index (χ0) is 20.8. The Morgan fingerprint density at radius 3 is 2.34 bits per heavy atom. The highest BCUT2D eigenvalue weighted by molar-refractivity contribution is 5.97. The molecular weight excluding hydrogens is 366 g/mol. The van der Waals surface area contributed by atoms with Gasteiger partial charge in [-0.1, -0.05) is 12.1 Å². The molecular formula is C23H29N3O3. The molecule has 29 heavy (non-hydrogen) atoms. The van der Waals surface area contributed by atoms with Crippen LogP contribution in [0.5, 0.6) is 5.75 Å². The summed E-state index contributed by atoms with van der Waals surface area (Å²) in [6.07, 6.45) is 0.250. The zero-order valence-electron chi connectivity index (χ0n) is 17.4. The van der Waals surface area contributed by atoms with E-state index in [0.717, 1.165) is 35.8 Å². The van der Waals surface area contributed by atoms with Crippen LogP contribution in [0.3, 0.4) is 0 Å². The van der Waals surface area contributed by atoms with Crippen molar-refractivity contribution in [2.24, 2.45) is 5.92 Å². The van der Waals surface area contributed by atoms with Gasteiger partial charge in [0, 0.05) is 44.0 Å². The topological polar surface area (TPSA) is 61.9 Å². The van der Waals surface area contributed by atoms with Crippen LogP contribution < -0.4 is 15.0 Å². The third-order valence-electron chi connectivity index (χ3n) is 5.38. The molecule has 1 N–H and O–H groups in total. The molecule has 0 saturated carbocycles. The van der Waals surface area contributed by atoms with Crippen LogP contribution in [0.15, 0.2) is 48.5 Å². The van der Waals surface area contributed by atoms with Gasteiger partial charge in [-0.15, -0.1) is 0 Å². The predicted molar refractivity (Wildman–Crippen MR) is 115 cm³/mol. The number of hydrogen-bond donors (Lipinski definition) is 1. The van der Waals surface area contributed by atoms with Crippen molar-refractivity contribution >= 4 is 23.2 Å². The molecule has 1 atom stereocenters. The van der Waals surface area contributed by atoms with Crippen LogP contribution in [-0.4, -0.2) is 43.5 Å². The molecule has 1 heterocycles. The zero-order valence-corrected chi connectivity index (χ0v) is 17.4. The molecule has 0 aliphatic carbocycles. The maximum Gasteiger partial charge on any atom is 0.229 e. The molecule has 6 nitrogen and oxygen atoms in total. The number of likely N-dealkylation sites (tertiary alicyclic amines) is 1. The second-order valence-electron chi connectivity index (χ2n) is 7.23. The lowest BCUT2D eigenvalue weighted by molar-refractivity contribution is -0.128. The molecule has 0 bridgehead atoms. The Bertz CT molecular complexity index is 829. The van der Waals surface area contributed by atoms with Crippen molar-refractivity contribution < 1.29 is 14.3 Å². The Morgan fingerprint density at radius 2 is 1.76 bits per heavy atom. The number of methoxy groups -OCH3 is 1.